The van der Waals surface area contributed by atoms with Crippen molar-refractivity contribution < 1.29 is 9.47 Å². The standard InChI is InChI=1S/C15H20N4O2S/c1-2-20-14-8-4-3-6-12(14)11-22-15-16-17-18-19(15)10-13-7-5-9-21-13/h3-4,6,8,13H,2,5,7,9-11H2,1H3. The third kappa shape index (κ3) is 3.78. The Morgan fingerprint density at radius 3 is 3.14 bits per heavy atom. The number of nitrogens with zero attached hydrogens (tertiary/aromatic N) is 4. The van der Waals surface area contributed by atoms with Crippen LogP contribution in [0.25, 0.3) is 0 Å². The van der Waals surface area contributed by atoms with Gasteiger partial charge in [-0.3, -0.25) is 0 Å². The topological polar surface area (TPSA) is 62.1 Å². The largest absolute Gasteiger partial charge is 0.494 e. The Bertz CT molecular complexity index is 599. The monoisotopic (exact) mass is 320 g/mol. The predicted molar refractivity (Wildman–Crippen MR) is 84.0 cm³/mol. The number of benzene rings is 1. The van der Waals surface area contributed by atoms with Gasteiger partial charge < -0.3 is 9.47 Å². The number of aromatic nitrogens is 4. The van der Waals surface area contributed by atoms with Gasteiger partial charge in [0.05, 0.1) is 19.3 Å². The molecule has 7 heteroatoms. The molecule has 0 bridgehead atoms. The van der Waals surface area contributed by atoms with Gasteiger partial charge >= 0.3 is 0 Å². The molecule has 0 radical (unpaired) electrons. The Morgan fingerprint density at radius 1 is 1.41 bits per heavy atom. The molecule has 22 heavy (non-hydrogen) atoms. The fraction of sp³-hybridized carbons (Fsp3) is 0.533. The van der Waals surface area contributed by atoms with E-state index in [1.807, 2.05) is 29.8 Å². The maximum Gasteiger partial charge on any atom is 0.209 e. The van der Waals surface area contributed by atoms with Gasteiger partial charge in [-0.05, 0) is 36.3 Å². The Kier molecular flexibility index (Phi) is 5.29. The molecule has 1 aliphatic rings. The van der Waals surface area contributed by atoms with Gasteiger partial charge in [-0.1, -0.05) is 30.0 Å². The summed E-state index contributed by atoms with van der Waals surface area (Å²) in [4.78, 5) is 0. The van der Waals surface area contributed by atoms with Crippen LogP contribution in [0.15, 0.2) is 29.4 Å². The molecular formula is C15H20N4O2S. The van der Waals surface area contributed by atoms with Crippen LogP contribution in [0, 0.1) is 0 Å². The highest BCUT2D eigenvalue weighted by atomic mass is 32.2. The Hall–Kier alpha value is -1.60. The molecule has 1 aromatic carbocycles. The minimum atomic E-state index is 0.235. The maximum atomic E-state index is 5.65. The summed E-state index contributed by atoms with van der Waals surface area (Å²) in [6, 6.07) is 8.08. The van der Waals surface area contributed by atoms with Gasteiger partial charge in [0.15, 0.2) is 0 Å². The van der Waals surface area contributed by atoms with Gasteiger partial charge in [0.2, 0.25) is 5.16 Å². The van der Waals surface area contributed by atoms with Crippen LogP contribution in [0.3, 0.4) is 0 Å². The summed E-state index contributed by atoms with van der Waals surface area (Å²) in [5.41, 5.74) is 1.15. The molecule has 0 amide bonds. The maximum absolute atomic E-state index is 5.65. The molecule has 3 rings (SSSR count). The first kappa shape index (κ1) is 15.3. The molecule has 1 aliphatic heterocycles. The van der Waals surface area contributed by atoms with Crippen molar-refractivity contribution in [1.29, 1.82) is 0 Å². The van der Waals surface area contributed by atoms with Crippen molar-refractivity contribution in [3.8, 4) is 5.75 Å². The van der Waals surface area contributed by atoms with E-state index in [2.05, 4.69) is 21.6 Å². The molecular weight excluding hydrogens is 300 g/mol. The fourth-order valence-corrected chi connectivity index (χ4v) is 3.33. The summed E-state index contributed by atoms with van der Waals surface area (Å²) in [6.45, 7) is 4.23. The highest BCUT2D eigenvalue weighted by Crippen LogP contribution is 2.27. The third-order valence-corrected chi connectivity index (χ3v) is 4.53. The lowest BCUT2D eigenvalue weighted by Gasteiger charge is -2.11. The molecule has 1 saturated heterocycles. The number of ether oxygens (including phenoxy) is 2. The van der Waals surface area contributed by atoms with Crippen molar-refractivity contribution in [1.82, 2.24) is 20.2 Å². The second-order valence-corrected chi connectivity index (χ2v) is 6.05. The van der Waals surface area contributed by atoms with Gasteiger partial charge in [0, 0.05) is 17.9 Å². The summed E-state index contributed by atoms with van der Waals surface area (Å²) in [6.07, 6.45) is 2.44. The van der Waals surface area contributed by atoms with E-state index in [4.69, 9.17) is 9.47 Å². The highest BCUT2D eigenvalue weighted by Gasteiger charge is 2.19. The quantitative estimate of drug-likeness (QED) is 0.731. The average Bonchev–Trinajstić information content (AvgIpc) is 3.19. The summed E-state index contributed by atoms with van der Waals surface area (Å²) in [5.74, 6) is 1.71. The lowest BCUT2D eigenvalue weighted by Crippen LogP contribution is -2.16. The van der Waals surface area contributed by atoms with E-state index in [1.54, 1.807) is 11.8 Å². The molecule has 6 nitrogen and oxygen atoms in total. The zero-order chi connectivity index (χ0) is 15.2. The summed E-state index contributed by atoms with van der Waals surface area (Å²) >= 11 is 1.62. The van der Waals surface area contributed by atoms with Crippen LogP contribution in [0.1, 0.15) is 25.3 Å². The summed E-state index contributed by atoms with van der Waals surface area (Å²) < 4.78 is 13.1. The molecule has 0 saturated carbocycles. The zero-order valence-electron chi connectivity index (χ0n) is 12.6. The number of rotatable bonds is 7. The van der Waals surface area contributed by atoms with Crippen molar-refractivity contribution in [2.45, 2.75) is 43.3 Å². The van der Waals surface area contributed by atoms with Crippen LogP contribution in [0.5, 0.6) is 5.75 Å². The first-order valence-electron chi connectivity index (χ1n) is 7.58. The molecule has 1 atom stereocenters. The highest BCUT2D eigenvalue weighted by molar-refractivity contribution is 7.98. The van der Waals surface area contributed by atoms with Gasteiger partial charge in [-0.2, -0.15) is 0 Å². The molecule has 2 heterocycles. The van der Waals surface area contributed by atoms with Crippen LogP contribution in [-0.2, 0) is 17.0 Å². The van der Waals surface area contributed by atoms with E-state index in [0.29, 0.717) is 6.61 Å². The minimum absolute atomic E-state index is 0.235. The van der Waals surface area contributed by atoms with E-state index in [-0.39, 0.29) is 6.10 Å². The van der Waals surface area contributed by atoms with E-state index in [9.17, 15) is 0 Å². The first-order valence-corrected chi connectivity index (χ1v) is 8.56. The first-order chi connectivity index (χ1) is 10.9. The van der Waals surface area contributed by atoms with Gasteiger partial charge in [-0.25, -0.2) is 4.68 Å². The van der Waals surface area contributed by atoms with Gasteiger partial charge in [0.25, 0.3) is 0 Å². The lowest BCUT2D eigenvalue weighted by molar-refractivity contribution is 0.0912. The summed E-state index contributed by atoms with van der Waals surface area (Å²) in [5, 5.41) is 12.8. The van der Waals surface area contributed by atoms with E-state index >= 15 is 0 Å². The van der Waals surface area contributed by atoms with Crippen LogP contribution >= 0.6 is 11.8 Å². The number of thioether (sulfide) groups is 1. The number of hydrogen-bond acceptors (Lipinski definition) is 6. The lowest BCUT2D eigenvalue weighted by atomic mass is 10.2. The van der Waals surface area contributed by atoms with E-state index < -0.39 is 0 Å². The molecule has 2 aromatic rings. The van der Waals surface area contributed by atoms with E-state index in [0.717, 1.165) is 48.2 Å². The zero-order valence-corrected chi connectivity index (χ0v) is 13.5. The molecule has 1 fully saturated rings. The van der Waals surface area contributed by atoms with Crippen LogP contribution < -0.4 is 4.74 Å². The number of tetrazole rings is 1. The smallest absolute Gasteiger partial charge is 0.209 e. The predicted octanol–water partition coefficient (Wildman–Crippen LogP) is 2.54. The average molecular weight is 320 g/mol. The molecule has 1 aromatic heterocycles. The molecule has 1 unspecified atom stereocenters. The Morgan fingerprint density at radius 2 is 2.32 bits per heavy atom. The fourth-order valence-electron chi connectivity index (χ4n) is 2.46. The number of hydrogen-bond donors (Lipinski definition) is 0. The van der Waals surface area contributed by atoms with Crippen molar-refractivity contribution in [3.63, 3.8) is 0 Å². The molecule has 118 valence electrons. The van der Waals surface area contributed by atoms with Crippen LogP contribution in [0.4, 0.5) is 0 Å². The van der Waals surface area contributed by atoms with Crippen LogP contribution in [0.2, 0.25) is 0 Å². The minimum Gasteiger partial charge on any atom is -0.494 e. The molecule has 0 spiro atoms. The summed E-state index contributed by atoms with van der Waals surface area (Å²) in [7, 11) is 0. The molecule has 0 N–H and O–H groups in total. The van der Waals surface area contributed by atoms with Gasteiger partial charge in [-0.15, -0.1) is 5.10 Å². The second-order valence-electron chi connectivity index (χ2n) is 5.11. The van der Waals surface area contributed by atoms with Crippen molar-refractivity contribution in [2.75, 3.05) is 13.2 Å². The Labute approximate surface area is 134 Å². The van der Waals surface area contributed by atoms with Crippen molar-refractivity contribution >= 4 is 11.8 Å². The third-order valence-electron chi connectivity index (χ3n) is 3.53. The number of para-hydroxylation sites is 1. The Balaban J connectivity index is 1.63. The normalized spacial score (nSPS) is 17.8. The van der Waals surface area contributed by atoms with Gasteiger partial charge in [0.1, 0.15) is 5.75 Å². The van der Waals surface area contributed by atoms with Crippen LogP contribution in [-0.4, -0.2) is 39.5 Å². The second kappa shape index (κ2) is 7.60. The van der Waals surface area contributed by atoms with E-state index in [1.165, 1.54) is 0 Å². The van der Waals surface area contributed by atoms with Crippen molar-refractivity contribution in [2.24, 2.45) is 0 Å². The van der Waals surface area contributed by atoms with Crippen molar-refractivity contribution in [3.05, 3.63) is 29.8 Å². The SMILES string of the molecule is CCOc1ccccc1CSc1nnnn1CC1CCCO1. The molecule has 0 aliphatic carbocycles.